The fraction of sp³-hybridized carbons (Fsp3) is 0.133. The summed E-state index contributed by atoms with van der Waals surface area (Å²) in [4.78, 5) is 13.0. The van der Waals surface area contributed by atoms with Crippen LogP contribution in [0.4, 0.5) is 10.1 Å². The Morgan fingerprint density at radius 2 is 1.95 bits per heavy atom. The molecule has 1 N–H and O–H groups in total. The van der Waals surface area contributed by atoms with Gasteiger partial charge in [0, 0.05) is 14.4 Å². The van der Waals surface area contributed by atoms with Crippen LogP contribution >= 0.6 is 39.3 Å². The molecule has 0 aliphatic rings. The standard InChI is InChI=1S/C15H12BrClFNOS/c1-9(21-12-5-3-11(17)4-6-12)15(20)19-14-7-2-10(16)8-13(14)18/h2-9H,1H3,(H,19,20). The third-order valence-corrected chi connectivity index (χ3v) is 4.54. The summed E-state index contributed by atoms with van der Waals surface area (Å²) >= 11 is 10.4. The van der Waals surface area contributed by atoms with Gasteiger partial charge in [0.05, 0.1) is 10.9 Å². The van der Waals surface area contributed by atoms with Gasteiger partial charge in [-0.25, -0.2) is 4.39 Å². The van der Waals surface area contributed by atoms with E-state index in [1.54, 1.807) is 25.1 Å². The van der Waals surface area contributed by atoms with Crippen LogP contribution in [-0.2, 0) is 4.79 Å². The molecule has 0 aromatic heterocycles. The van der Waals surface area contributed by atoms with Crippen molar-refractivity contribution in [1.82, 2.24) is 0 Å². The molecule has 0 saturated heterocycles. The first kappa shape index (κ1) is 16.3. The lowest BCUT2D eigenvalue weighted by Gasteiger charge is -2.12. The van der Waals surface area contributed by atoms with Crippen LogP contribution in [0.2, 0.25) is 5.02 Å². The first-order valence-corrected chi connectivity index (χ1v) is 8.19. The van der Waals surface area contributed by atoms with Crippen LogP contribution in [0.5, 0.6) is 0 Å². The van der Waals surface area contributed by atoms with Gasteiger partial charge in [0.2, 0.25) is 5.91 Å². The Morgan fingerprint density at radius 1 is 1.29 bits per heavy atom. The second kappa shape index (κ2) is 7.29. The lowest BCUT2D eigenvalue weighted by atomic mass is 10.3. The van der Waals surface area contributed by atoms with Gasteiger partial charge in [-0.1, -0.05) is 27.5 Å². The Kier molecular flexibility index (Phi) is 5.67. The number of carbonyl (C=O) groups is 1. The van der Waals surface area contributed by atoms with Gasteiger partial charge in [0.25, 0.3) is 0 Å². The Labute approximate surface area is 140 Å². The molecule has 2 aromatic rings. The molecule has 0 aliphatic carbocycles. The van der Waals surface area contributed by atoms with Crippen molar-refractivity contribution >= 4 is 50.9 Å². The van der Waals surface area contributed by atoms with E-state index in [1.807, 2.05) is 12.1 Å². The van der Waals surface area contributed by atoms with Crippen LogP contribution in [0.25, 0.3) is 0 Å². The highest BCUT2D eigenvalue weighted by atomic mass is 79.9. The number of hydrogen-bond acceptors (Lipinski definition) is 2. The van der Waals surface area contributed by atoms with Gasteiger partial charge in [-0.05, 0) is 49.4 Å². The number of thioether (sulfide) groups is 1. The molecule has 0 heterocycles. The summed E-state index contributed by atoms with van der Waals surface area (Å²) in [6, 6.07) is 11.7. The lowest BCUT2D eigenvalue weighted by molar-refractivity contribution is -0.115. The van der Waals surface area contributed by atoms with Crippen LogP contribution in [0.1, 0.15) is 6.92 Å². The van der Waals surface area contributed by atoms with Gasteiger partial charge >= 0.3 is 0 Å². The number of hydrogen-bond donors (Lipinski definition) is 1. The largest absolute Gasteiger partial charge is 0.323 e. The van der Waals surface area contributed by atoms with E-state index in [0.717, 1.165) is 4.90 Å². The fourth-order valence-corrected chi connectivity index (χ4v) is 2.92. The highest BCUT2D eigenvalue weighted by Gasteiger charge is 2.16. The summed E-state index contributed by atoms with van der Waals surface area (Å²) in [7, 11) is 0. The van der Waals surface area contributed by atoms with E-state index in [9.17, 15) is 9.18 Å². The van der Waals surface area contributed by atoms with E-state index in [-0.39, 0.29) is 16.8 Å². The average molecular weight is 389 g/mol. The number of halogens is 3. The molecule has 0 aliphatic heterocycles. The van der Waals surface area contributed by atoms with Crippen LogP contribution in [0.15, 0.2) is 51.8 Å². The average Bonchev–Trinajstić information content (AvgIpc) is 2.44. The summed E-state index contributed by atoms with van der Waals surface area (Å²) in [5.74, 6) is -0.724. The molecule has 0 fully saturated rings. The topological polar surface area (TPSA) is 29.1 Å². The smallest absolute Gasteiger partial charge is 0.237 e. The molecule has 6 heteroatoms. The van der Waals surface area contributed by atoms with Gasteiger partial charge < -0.3 is 5.32 Å². The quantitative estimate of drug-likeness (QED) is 0.714. The third kappa shape index (κ3) is 4.73. The monoisotopic (exact) mass is 387 g/mol. The maximum atomic E-state index is 13.7. The van der Waals surface area contributed by atoms with Crippen molar-refractivity contribution in [3.05, 3.63) is 57.8 Å². The highest BCUT2D eigenvalue weighted by molar-refractivity contribution is 9.10. The van der Waals surface area contributed by atoms with Crippen molar-refractivity contribution in [2.24, 2.45) is 0 Å². The number of amides is 1. The predicted octanol–water partition coefficient (Wildman–Crippen LogP) is 5.36. The zero-order valence-corrected chi connectivity index (χ0v) is 14.2. The number of nitrogens with one attached hydrogen (secondary N) is 1. The molecule has 0 bridgehead atoms. The Hall–Kier alpha value is -1.04. The van der Waals surface area contributed by atoms with Crippen molar-refractivity contribution in [1.29, 1.82) is 0 Å². The Balaban J connectivity index is 2.00. The van der Waals surface area contributed by atoms with Crippen molar-refractivity contribution < 1.29 is 9.18 Å². The maximum Gasteiger partial charge on any atom is 0.237 e. The van der Waals surface area contributed by atoms with Gasteiger partial charge in [0.15, 0.2) is 0 Å². The molecule has 110 valence electrons. The van der Waals surface area contributed by atoms with Gasteiger partial charge in [-0.3, -0.25) is 4.79 Å². The molecule has 1 unspecified atom stereocenters. The summed E-state index contributed by atoms with van der Waals surface area (Å²) in [6.45, 7) is 1.77. The summed E-state index contributed by atoms with van der Waals surface area (Å²) < 4.78 is 14.3. The second-order valence-electron chi connectivity index (χ2n) is 4.33. The fourth-order valence-electron chi connectivity index (χ4n) is 1.60. The van der Waals surface area contributed by atoms with Crippen LogP contribution in [-0.4, -0.2) is 11.2 Å². The van der Waals surface area contributed by atoms with Gasteiger partial charge in [0.1, 0.15) is 5.82 Å². The number of benzene rings is 2. The molecule has 21 heavy (non-hydrogen) atoms. The van der Waals surface area contributed by atoms with E-state index in [4.69, 9.17) is 11.6 Å². The number of carbonyl (C=O) groups excluding carboxylic acids is 1. The maximum absolute atomic E-state index is 13.7. The molecule has 1 amide bonds. The predicted molar refractivity (Wildman–Crippen MR) is 89.5 cm³/mol. The molecule has 1 atom stereocenters. The van der Waals surface area contributed by atoms with Crippen molar-refractivity contribution in [3.8, 4) is 0 Å². The minimum Gasteiger partial charge on any atom is -0.323 e. The molecular formula is C15H12BrClFNOS. The summed E-state index contributed by atoms with van der Waals surface area (Å²) in [6.07, 6.45) is 0. The van der Waals surface area contributed by atoms with Gasteiger partial charge in [-0.2, -0.15) is 0 Å². The zero-order valence-electron chi connectivity index (χ0n) is 11.1. The van der Waals surface area contributed by atoms with Crippen molar-refractivity contribution in [2.75, 3.05) is 5.32 Å². The van der Waals surface area contributed by atoms with E-state index in [2.05, 4.69) is 21.2 Å². The van der Waals surface area contributed by atoms with Gasteiger partial charge in [-0.15, -0.1) is 11.8 Å². The summed E-state index contributed by atoms with van der Waals surface area (Å²) in [5.41, 5.74) is 0.173. The highest BCUT2D eigenvalue weighted by Crippen LogP contribution is 2.26. The molecule has 0 spiro atoms. The first-order chi connectivity index (χ1) is 9.95. The minimum absolute atomic E-state index is 0.173. The molecule has 0 saturated carbocycles. The van der Waals surface area contributed by atoms with Crippen LogP contribution < -0.4 is 5.32 Å². The molecule has 2 nitrogen and oxygen atoms in total. The first-order valence-electron chi connectivity index (χ1n) is 6.14. The number of anilines is 1. The van der Waals surface area contributed by atoms with Crippen molar-refractivity contribution in [3.63, 3.8) is 0 Å². The Morgan fingerprint density at radius 3 is 2.57 bits per heavy atom. The van der Waals surface area contributed by atoms with E-state index in [0.29, 0.717) is 9.50 Å². The molecule has 0 radical (unpaired) electrons. The Bertz CT molecular complexity index is 651. The SMILES string of the molecule is CC(Sc1ccc(Cl)cc1)C(=O)Nc1ccc(Br)cc1F. The minimum atomic E-state index is -0.471. The third-order valence-electron chi connectivity index (χ3n) is 2.68. The molecule has 2 rings (SSSR count). The zero-order chi connectivity index (χ0) is 15.4. The second-order valence-corrected chi connectivity index (χ2v) is 7.09. The normalized spacial score (nSPS) is 12.0. The van der Waals surface area contributed by atoms with Crippen LogP contribution in [0, 0.1) is 5.82 Å². The summed E-state index contributed by atoms with van der Waals surface area (Å²) in [5, 5.41) is 2.88. The number of rotatable bonds is 4. The molecular weight excluding hydrogens is 377 g/mol. The van der Waals surface area contributed by atoms with E-state index >= 15 is 0 Å². The van der Waals surface area contributed by atoms with E-state index in [1.165, 1.54) is 23.9 Å². The molecule has 2 aromatic carbocycles. The van der Waals surface area contributed by atoms with Crippen LogP contribution in [0.3, 0.4) is 0 Å². The lowest BCUT2D eigenvalue weighted by Crippen LogP contribution is -2.22. The van der Waals surface area contributed by atoms with E-state index < -0.39 is 5.82 Å². The van der Waals surface area contributed by atoms with Crippen molar-refractivity contribution in [2.45, 2.75) is 17.1 Å².